The summed E-state index contributed by atoms with van der Waals surface area (Å²) in [6.45, 7) is 0.528. The molecule has 25 heavy (non-hydrogen) atoms. The number of hydrogen-bond donors (Lipinski definition) is 1. The Hall–Kier alpha value is -3.40. The van der Waals surface area contributed by atoms with Crippen LogP contribution in [0.4, 0.5) is 5.69 Å². The van der Waals surface area contributed by atoms with Crippen molar-refractivity contribution >= 4 is 17.8 Å². The molecule has 0 fully saturated rings. The first-order valence-electron chi connectivity index (χ1n) is 7.92. The Balaban J connectivity index is 1.66. The lowest BCUT2D eigenvalue weighted by Crippen LogP contribution is -2.10. The predicted molar refractivity (Wildman–Crippen MR) is 99.4 cm³/mol. The average molecular weight is 330 g/mol. The molecule has 4 heteroatoms. The van der Waals surface area contributed by atoms with Crippen LogP contribution in [0.5, 0.6) is 5.75 Å². The topological polar surface area (TPSA) is 64.7 Å². The normalized spacial score (nSPS) is 10.7. The number of para-hydroxylation sites is 1. The van der Waals surface area contributed by atoms with Gasteiger partial charge in [0.2, 0.25) is 0 Å². The molecule has 0 radical (unpaired) electrons. The van der Waals surface area contributed by atoms with Gasteiger partial charge < -0.3 is 10.5 Å². The average Bonchev–Trinajstić information content (AvgIpc) is 2.66. The van der Waals surface area contributed by atoms with Crippen molar-refractivity contribution in [2.45, 2.75) is 6.61 Å². The zero-order chi connectivity index (χ0) is 17.5. The van der Waals surface area contributed by atoms with E-state index in [4.69, 9.17) is 10.5 Å². The van der Waals surface area contributed by atoms with Crippen molar-refractivity contribution in [3.63, 3.8) is 0 Å². The van der Waals surface area contributed by atoms with Gasteiger partial charge in [0.1, 0.15) is 12.4 Å². The molecule has 2 N–H and O–H groups in total. The molecule has 0 heterocycles. The van der Waals surface area contributed by atoms with E-state index < -0.39 is 5.91 Å². The lowest BCUT2D eigenvalue weighted by Gasteiger charge is -2.06. The maximum atomic E-state index is 11.4. The number of aliphatic imine (C=N–C) groups is 1. The second-order valence-electron chi connectivity index (χ2n) is 5.48. The zero-order valence-electron chi connectivity index (χ0n) is 13.6. The Labute approximate surface area is 146 Å². The smallest absolute Gasteiger partial charge is 0.250 e. The monoisotopic (exact) mass is 330 g/mol. The number of nitrogens with zero attached hydrogens (tertiary/aromatic N) is 1. The van der Waals surface area contributed by atoms with Gasteiger partial charge >= 0.3 is 0 Å². The maximum absolute atomic E-state index is 11.4. The number of amides is 1. The fourth-order valence-corrected chi connectivity index (χ4v) is 2.33. The molecule has 0 aliphatic heterocycles. The van der Waals surface area contributed by atoms with Gasteiger partial charge in [0.15, 0.2) is 0 Å². The Kier molecular flexibility index (Phi) is 5.22. The van der Waals surface area contributed by atoms with Crippen LogP contribution >= 0.6 is 0 Å². The Morgan fingerprint density at radius 1 is 0.920 bits per heavy atom. The quantitative estimate of drug-likeness (QED) is 0.691. The summed E-state index contributed by atoms with van der Waals surface area (Å²) < 4.78 is 5.75. The lowest BCUT2D eigenvalue weighted by molar-refractivity contribution is 0.100. The van der Waals surface area contributed by atoms with E-state index in [1.165, 1.54) is 0 Å². The van der Waals surface area contributed by atoms with Crippen LogP contribution in [0.3, 0.4) is 0 Å². The molecule has 0 saturated heterocycles. The molecule has 3 rings (SSSR count). The van der Waals surface area contributed by atoms with E-state index in [9.17, 15) is 4.79 Å². The van der Waals surface area contributed by atoms with E-state index in [-0.39, 0.29) is 0 Å². The number of carbonyl (C=O) groups is 1. The largest absolute Gasteiger partial charge is 0.489 e. The highest BCUT2D eigenvalue weighted by atomic mass is 16.5. The summed E-state index contributed by atoms with van der Waals surface area (Å²) in [5.41, 5.74) is 8.34. The third kappa shape index (κ3) is 4.54. The van der Waals surface area contributed by atoms with Crippen LogP contribution in [0.2, 0.25) is 0 Å². The van der Waals surface area contributed by atoms with Crippen LogP contribution in [-0.2, 0) is 6.61 Å². The van der Waals surface area contributed by atoms with E-state index in [1.807, 2.05) is 60.7 Å². The van der Waals surface area contributed by atoms with Crippen LogP contribution in [-0.4, -0.2) is 12.1 Å². The van der Waals surface area contributed by atoms with E-state index in [1.54, 1.807) is 24.4 Å². The first kappa shape index (κ1) is 16.5. The first-order chi connectivity index (χ1) is 12.2. The third-order valence-corrected chi connectivity index (χ3v) is 3.65. The Bertz CT molecular complexity index is 872. The molecule has 1 amide bonds. The molecule has 4 nitrogen and oxygen atoms in total. The second kappa shape index (κ2) is 7.93. The summed E-state index contributed by atoms with van der Waals surface area (Å²) in [4.78, 5) is 15.8. The van der Waals surface area contributed by atoms with Crippen LogP contribution in [0.1, 0.15) is 21.5 Å². The molecule has 0 atom stereocenters. The molecule has 3 aromatic rings. The number of hydrogen-bond acceptors (Lipinski definition) is 3. The molecule has 124 valence electrons. The minimum absolute atomic E-state index is 0.404. The molecule has 0 aliphatic rings. The third-order valence-electron chi connectivity index (χ3n) is 3.65. The molecular weight excluding hydrogens is 312 g/mol. The van der Waals surface area contributed by atoms with E-state index in [0.29, 0.717) is 17.9 Å². The van der Waals surface area contributed by atoms with Crippen molar-refractivity contribution in [3.05, 3.63) is 95.6 Å². The van der Waals surface area contributed by atoms with Crippen molar-refractivity contribution in [2.75, 3.05) is 0 Å². The summed E-state index contributed by atoms with van der Waals surface area (Å²) in [5.74, 6) is 0.302. The summed E-state index contributed by atoms with van der Waals surface area (Å²) >= 11 is 0. The highest BCUT2D eigenvalue weighted by molar-refractivity contribution is 5.98. The van der Waals surface area contributed by atoms with Crippen LogP contribution < -0.4 is 10.5 Å². The number of primary amides is 1. The van der Waals surface area contributed by atoms with Gasteiger partial charge in [0, 0.05) is 6.21 Å². The summed E-state index contributed by atoms with van der Waals surface area (Å²) in [6, 6.07) is 24.6. The maximum Gasteiger partial charge on any atom is 0.250 e. The number of rotatable bonds is 6. The molecule has 0 unspecified atom stereocenters. The molecule has 0 saturated carbocycles. The number of ether oxygens (including phenoxy) is 1. The van der Waals surface area contributed by atoms with Gasteiger partial charge in [-0.2, -0.15) is 0 Å². The predicted octanol–water partition coefficient (Wildman–Crippen LogP) is 4.12. The minimum atomic E-state index is -0.489. The van der Waals surface area contributed by atoms with Gasteiger partial charge in [-0.25, -0.2) is 0 Å². The number of benzene rings is 3. The fourth-order valence-electron chi connectivity index (χ4n) is 2.33. The second-order valence-corrected chi connectivity index (χ2v) is 5.48. The Morgan fingerprint density at radius 2 is 1.60 bits per heavy atom. The lowest BCUT2D eigenvalue weighted by atomic mass is 10.1. The Morgan fingerprint density at radius 3 is 2.32 bits per heavy atom. The summed E-state index contributed by atoms with van der Waals surface area (Å²) in [6.07, 6.45) is 1.70. The van der Waals surface area contributed by atoms with E-state index >= 15 is 0 Å². The summed E-state index contributed by atoms with van der Waals surface area (Å²) in [7, 11) is 0. The van der Waals surface area contributed by atoms with Gasteiger partial charge in [-0.3, -0.25) is 9.79 Å². The molecule has 0 bridgehead atoms. The van der Waals surface area contributed by atoms with E-state index in [2.05, 4.69) is 4.99 Å². The summed E-state index contributed by atoms with van der Waals surface area (Å²) in [5, 5.41) is 0. The van der Waals surface area contributed by atoms with Crippen molar-refractivity contribution in [1.82, 2.24) is 0 Å². The number of carbonyl (C=O) groups excluding carboxylic acids is 1. The molecule has 0 spiro atoms. The van der Waals surface area contributed by atoms with Gasteiger partial charge in [0.05, 0.1) is 11.3 Å². The molecule has 0 aromatic heterocycles. The molecule has 0 aliphatic carbocycles. The highest BCUT2D eigenvalue weighted by Crippen LogP contribution is 2.19. The fraction of sp³-hybridized carbons (Fsp3) is 0.0476. The SMILES string of the molecule is NC(=O)c1ccccc1N=Cc1ccc(OCc2ccccc2)cc1. The van der Waals surface area contributed by atoms with Crippen LogP contribution in [0.25, 0.3) is 0 Å². The zero-order valence-corrected chi connectivity index (χ0v) is 13.6. The highest BCUT2D eigenvalue weighted by Gasteiger charge is 2.05. The number of nitrogens with two attached hydrogens (primary N) is 1. The van der Waals surface area contributed by atoms with Crippen molar-refractivity contribution in [3.8, 4) is 5.75 Å². The van der Waals surface area contributed by atoms with Gasteiger partial charge in [-0.15, -0.1) is 0 Å². The van der Waals surface area contributed by atoms with Gasteiger partial charge in [0.25, 0.3) is 5.91 Å². The first-order valence-corrected chi connectivity index (χ1v) is 7.92. The van der Waals surface area contributed by atoms with Crippen molar-refractivity contribution in [1.29, 1.82) is 0 Å². The van der Waals surface area contributed by atoms with Crippen molar-refractivity contribution < 1.29 is 9.53 Å². The van der Waals surface area contributed by atoms with Crippen molar-refractivity contribution in [2.24, 2.45) is 10.7 Å². The van der Waals surface area contributed by atoms with Crippen LogP contribution in [0.15, 0.2) is 83.9 Å². The van der Waals surface area contributed by atoms with E-state index in [0.717, 1.165) is 16.9 Å². The minimum Gasteiger partial charge on any atom is -0.489 e. The van der Waals surface area contributed by atoms with Gasteiger partial charge in [-0.05, 0) is 47.5 Å². The molecular formula is C21H18N2O2. The van der Waals surface area contributed by atoms with Gasteiger partial charge in [-0.1, -0.05) is 42.5 Å². The standard InChI is InChI=1S/C21H18N2O2/c22-21(24)19-8-4-5-9-20(19)23-14-16-10-12-18(13-11-16)25-15-17-6-2-1-3-7-17/h1-14H,15H2,(H2,22,24). The molecule has 3 aromatic carbocycles. The van der Waals surface area contributed by atoms with Crippen LogP contribution in [0, 0.1) is 0 Å².